The van der Waals surface area contributed by atoms with E-state index in [1.165, 1.54) is 31.5 Å². The molecular weight excluding hydrogens is 200 g/mol. The average Bonchev–Trinajstić information content (AvgIpc) is 3.02. The molecule has 1 aromatic heterocycles. The van der Waals surface area contributed by atoms with Crippen LogP contribution in [0.15, 0.2) is 0 Å². The number of nitrogens with zero attached hydrogens (tertiary/aromatic N) is 3. The van der Waals surface area contributed by atoms with Crippen molar-refractivity contribution in [2.45, 2.75) is 51.6 Å². The second-order valence-electron chi connectivity index (χ2n) is 5.34. The fourth-order valence-corrected chi connectivity index (χ4v) is 2.71. The molecule has 1 aromatic rings. The van der Waals surface area contributed by atoms with Crippen LogP contribution in [0.5, 0.6) is 0 Å². The number of rotatable bonds is 2. The summed E-state index contributed by atoms with van der Waals surface area (Å²) in [7, 11) is 0. The van der Waals surface area contributed by atoms with Crippen LogP contribution in [0.3, 0.4) is 0 Å². The van der Waals surface area contributed by atoms with Gasteiger partial charge in [-0.05, 0) is 45.1 Å². The van der Waals surface area contributed by atoms with Crippen LogP contribution in [-0.2, 0) is 0 Å². The summed E-state index contributed by atoms with van der Waals surface area (Å²) in [5.41, 5.74) is 0. The highest BCUT2D eigenvalue weighted by molar-refractivity contribution is 5.06. The molecule has 2 heterocycles. The Kier molecular flexibility index (Phi) is 2.46. The third kappa shape index (κ3) is 1.75. The van der Waals surface area contributed by atoms with Crippen LogP contribution in [0, 0.1) is 12.8 Å². The standard InChI is InChI=1S/C12H20N4/c1-8-5-6-13-11(7-8)12-15-14-9(2)16(12)10-3-4-10/h8,10-11,13H,3-7H2,1-2H3. The maximum Gasteiger partial charge on any atom is 0.150 e. The lowest BCUT2D eigenvalue weighted by Gasteiger charge is -2.27. The van der Waals surface area contributed by atoms with E-state index in [1.807, 2.05) is 0 Å². The van der Waals surface area contributed by atoms with Crippen molar-refractivity contribution in [1.29, 1.82) is 0 Å². The van der Waals surface area contributed by atoms with Crippen molar-refractivity contribution in [3.63, 3.8) is 0 Å². The van der Waals surface area contributed by atoms with Crippen LogP contribution >= 0.6 is 0 Å². The molecule has 0 aromatic carbocycles. The molecule has 1 saturated carbocycles. The van der Waals surface area contributed by atoms with Gasteiger partial charge >= 0.3 is 0 Å². The van der Waals surface area contributed by atoms with Crippen molar-refractivity contribution < 1.29 is 0 Å². The van der Waals surface area contributed by atoms with Crippen molar-refractivity contribution in [3.8, 4) is 0 Å². The summed E-state index contributed by atoms with van der Waals surface area (Å²) in [5, 5.41) is 12.2. The first-order valence-corrected chi connectivity index (χ1v) is 6.40. The van der Waals surface area contributed by atoms with E-state index in [9.17, 15) is 0 Å². The molecule has 2 unspecified atom stereocenters. The van der Waals surface area contributed by atoms with E-state index in [4.69, 9.17) is 0 Å². The molecule has 2 aliphatic rings. The molecule has 0 amide bonds. The summed E-state index contributed by atoms with van der Waals surface area (Å²) in [6, 6.07) is 1.11. The van der Waals surface area contributed by atoms with Crippen LogP contribution in [0.2, 0.25) is 0 Å². The number of aryl methyl sites for hydroxylation is 1. The first kappa shape index (κ1) is 10.3. The molecule has 3 rings (SSSR count). The lowest BCUT2D eigenvalue weighted by molar-refractivity contribution is 0.308. The normalized spacial score (nSPS) is 30.6. The van der Waals surface area contributed by atoms with Gasteiger partial charge in [0.1, 0.15) is 11.6 Å². The van der Waals surface area contributed by atoms with Gasteiger partial charge in [0.05, 0.1) is 6.04 Å². The van der Waals surface area contributed by atoms with E-state index in [2.05, 4.69) is 33.9 Å². The second kappa shape index (κ2) is 3.84. The number of nitrogens with one attached hydrogen (secondary N) is 1. The van der Waals surface area contributed by atoms with Gasteiger partial charge in [-0.25, -0.2) is 0 Å². The van der Waals surface area contributed by atoms with E-state index in [0.717, 1.165) is 18.3 Å². The smallest absolute Gasteiger partial charge is 0.150 e. The molecule has 88 valence electrons. The highest BCUT2D eigenvalue weighted by Gasteiger charge is 2.32. The van der Waals surface area contributed by atoms with Gasteiger partial charge in [0.2, 0.25) is 0 Å². The van der Waals surface area contributed by atoms with Crippen molar-refractivity contribution >= 4 is 0 Å². The van der Waals surface area contributed by atoms with Crippen LogP contribution in [-0.4, -0.2) is 21.3 Å². The topological polar surface area (TPSA) is 42.7 Å². The Hall–Kier alpha value is -0.900. The van der Waals surface area contributed by atoms with Gasteiger partial charge in [0.15, 0.2) is 0 Å². The second-order valence-corrected chi connectivity index (χ2v) is 5.34. The molecule has 1 aliphatic carbocycles. The minimum Gasteiger partial charge on any atom is -0.311 e. The first-order valence-electron chi connectivity index (χ1n) is 6.40. The quantitative estimate of drug-likeness (QED) is 0.828. The lowest BCUT2D eigenvalue weighted by atomic mass is 9.94. The van der Waals surface area contributed by atoms with Crippen molar-refractivity contribution in [2.24, 2.45) is 5.92 Å². The molecule has 1 N–H and O–H groups in total. The van der Waals surface area contributed by atoms with Gasteiger partial charge in [-0.1, -0.05) is 6.92 Å². The van der Waals surface area contributed by atoms with Gasteiger partial charge in [-0.15, -0.1) is 10.2 Å². The Morgan fingerprint density at radius 3 is 2.75 bits per heavy atom. The summed E-state index contributed by atoms with van der Waals surface area (Å²) in [4.78, 5) is 0. The Labute approximate surface area is 96.4 Å². The molecule has 0 spiro atoms. The van der Waals surface area contributed by atoms with E-state index < -0.39 is 0 Å². The third-order valence-corrected chi connectivity index (χ3v) is 3.78. The number of hydrogen-bond acceptors (Lipinski definition) is 3. The average molecular weight is 220 g/mol. The molecule has 0 bridgehead atoms. The predicted molar refractivity (Wildman–Crippen MR) is 62.2 cm³/mol. The Balaban J connectivity index is 1.87. The van der Waals surface area contributed by atoms with Crippen LogP contribution in [0.4, 0.5) is 0 Å². The first-order chi connectivity index (χ1) is 7.75. The maximum atomic E-state index is 4.39. The molecule has 1 aliphatic heterocycles. The highest BCUT2D eigenvalue weighted by atomic mass is 15.3. The number of aromatic nitrogens is 3. The molecule has 2 fully saturated rings. The van der Waals surface area contributed by atoms with Crippen LogP contribution in [0.1, 0.15) is 56.3 Å². The van der Waals surface area contributed by atoms with Gasteiger partial charge in [0.25, 0.3) is 0 Å². The zero-order valence-electron chi connectivity index (χ0n) is 10.1. The fourth-order valence-electron chi connectivity index (χ4n) is 2.71. The highest BCUT2D eigenvalue weighted by Crippen LogP contribution is 2.38. The molecule has 0 radical (unpaired) electrons. The zero-order chi connectivity index (χ0) is 11.1. The molecule has 4 nitrogen and oxygen atoms in total. The Morgan fingerprint density at radius 1 is 1.25 bits per heavy atom. The minimum atomic E-state index is 0.422. The zero-order valence-corrected chi connectivity index (χ0v) is 10.1. The van der Waals surface area contributed by atoms with E-state index >= 15 is 0 Å². The van der Waals surface area contributed by atoms with Crippen LogP contribution < -0.4 is 5.32 Å². The SMILES string of the molecule is Cc1nnc(C2CC(C)CCN2)n1C1CC1. The molecular formula is C12H20N4. The van der Waals surface area contributed by atoms with Crippen LogP contribution in [0.25, 0.3) is 0 Å². The molecule has 16 heavy (non-hydrogen) atoms. The lowest BCUT2D eigenvalue weighted by Crippen LogP contribution is -2.32. The van der Waals surface area contributed by atoms with Gasteiger partial charge in [-0.2, -0.15) is 0 Å². The van der Waals surface area contributed by atoms with Gasteiger partial charge in [-0.3, -0.25) is 0 Å². The van der Waals surface area contributed by atoms with Gasteiger partial charge in [0, 0.05) is 6.04 Å². The van der Waals surface area contributed by atoms with Crippen molar-refractivity contribution in [3.05, 3.63) is 11.6 Å². The summed E-state index contributed by atoms with van der Waals surface area (Å²) in [6.45, 7) is 5.52. The Morgan fingerprint density at radius 2 is 2.06 bits per heavy atom. The van der Waals surface area contributed by atoms with E-state index in [-0.39, 0.29) is 0 Å². The summed E-state index contributed by atoms with van der Waals surface area (Å²) in [6.07, 6.45) is 5.08. The van der Waals surface area contributed by atoms with Gasteiger partial charge < -0.3 is 9.88 Å². The third-order valence-electron chi connectivity index (χ3n) is 3.78. The summed E-state index contributed by atoms with van der Waals surface area (Å²) in [5.74, 6) is 3.06. The summed E-state index contributed by atoms with van der Waals surface area (Å²) >= 11 is 0. The predicted octanol–water partition coefficient (Wildman–Crippen LogP) is 1.98. The largest absolute Gasteiger partial charge is 0.311 e. The minimum absolute atomic E-state index is 0.422. The number of hydrogen-bond donors (Lipinski definition) is 1. The maximum absolute atomic E-state index is 4.39. The molecule has 1 saturated heterocycles. The van der Waals surface area contributed by atoms with E-state index in [0.29, 0.717) is 12.1 Å². The molecule has 2 atom stereocenters. The summed E-state index contributed by atoms with van der Waals surface area (Å²) < 4.78 is 2.36. The van der Waals surface area contributed by atoms with E-state index in [1.54, 1.807) is 0 Å². The van der Waals surface area contributed by atoms with Crippen molar-refractivity contribution in [2.75, 3.05) is 6.54 Å². The Bertz CT molecular complexity index is 380. The monoisotopic (exact) mass is 220 g/mol. The number of piperidine rings is 1. The molecule has 4 heteroatoms. The van der Waals surface area contributed by atoms with Crippen molar-refractivity contribution in [1.82, 2.24) is 20.1 Å². The fraction of sp³-hybridized carbons (Fsp3) is 0.833.